The van der Waals surface area contributed by atoms with Crippen LogP contribution in [0.1, 0.15) is 51.9 Å². The predicted molar refractivity (Wildman–Crippen MR) is 65.6 cm³/mol. The summed E-state index contributed by atoms with van der Waals surface area (Å²) in [6, 6.07) is 0.0373. The van der Waals surface area contributed by atoms with Gasteiger partial charge in [0.15, 0.2) is 6.10 Å². The molecule has 1 unspecified atom stereocenters. The molecule has 0 rings (SSSR count). The van der Waals surface area contributed by atoms with E-state index in [1.807, 2.05) is 0 Å². The monoisotopic (exact) mass is 250 g/mol. The minimum absolute atomic E-state index is 0.0373. The van der Waals surface area contributed by atoms with Gasteiger partial charge in [0.05, 0.1) is 7.11 Å². The zero-order chi connectivity index (χ0) is 12.2. The van der Waals surface area contributed by atoms with E-state index in [1.165, 1.54) is 32.8 Å². The molecule has 3 nitrogen and oxygen atoms in total. The molecule has 0 saturated heterocycles. The van der Waals surface area contributed by atoms with Crippen LogP contribution in [-0.2, 0) is 14.3 Å². The number of rotatable bonds is 10. The standard InChI is InChI=1S/C12H23ClO3/c1-3-4-5-6-7-8-9-11(16-10-13)12(14)15-2/h11H,3-10H2,1-2H3. The van der Waals surface area contributed by atoms with Gasteiger partial charge >= 0.3 is 5.97 Å². The number of alkyl halides is 1. The Bertz CT molecular complexity index is 174. The lowest BCUT2D eigenvalue weighted by molar-refractivity contribution is -0.153. The van der Waals surface area contributed by atoms with Crippen molar-refractivity contribution in [1.29, 1.82) is 0 Å². The third kappa shape index (κ3) is 7.94. The molecular weight excluding hydrogens is 228 g/mol. The zero-order valence-electron chi connectivity index (χ0n) is 10.3. The largest absolute Gasteiger partial charge is 0.467 e. The number of carbonyl (C=O) groups is 1. The SMILES string of the molecule is CCCCCCCCC(OCCl)C(=O)OC. The van der Waals surface area contributed by atoms with Crippen LogP contribution in [0.3, 0.4) is 0 Å². The maximum absolute atomic E-state index is 11.3. The molecule has 1 atom stereocenters. The van der Waals surface area contributed by atoms with Crippen molar-refractivity contribution in [1.82, 2.24) is 0 Å². The van der Waals surface area contributed by atoms with Crippen LogP contribution in [0.2, 0.25) is 0 Å². The van der Waals surface area contributed by atoms with Crippen LogP contribution in [0.25, 0.3) is 0 Å². The van der Waals surface area contributed by atoms with Crippen LogP contribution >= 0.6 is 11.6 Å². The Morgan fingerprint density at radius 2 is 1.81 bits per heavy atom. The van der Waals surface area contributed by atoms with Gasteiger partial charge < -0.3 is 9.47 Å². The van der Waals surface area contributed by atoms with E-state index < -0.39 is 6.10 Å². The van der Waals surface area contributed by atoms with E-state index in [1.54, 1.807) is 0 Å². The Kier molecular flexibility index (Phi) is 11.0. The molecule has 0 radical (unpaired) electrons. The molecule has 0 N–H and O–H groups in total. The second-order valence-corrected chi connectivity index (χ2v) is 4.06. The van der Waals surface area contributed by atoms with Crippen LogP contribution in [-0.4, -0.2) is 25.2 Å². The van der Waals surface area contributed by atoms with Crippen molar-refractivity contribution in [3.8, 4) is 0 Å². The van der Waals surface area contributed by atoms with Crippen LogP contribution in [0.5, 0.6) is 0 Å². The van der Waals surface area contributed by atoms with Crippen LogP contribution in [0.4, 0.5) is 0 Å². The van der Waals surface area contributed by atoms with E-state index in [2.05, 4.69) is 11.7 Å². The van der Waals surface area contributed by atoms with E-state index in [0.29, 0.717) is 6.42 Å². The summed E-state index contributed by atoms with van der Waals surface area (Å²) in [5.41, 5.74) is 0. The first-order valence-electron chi connectivity index (χ1n) is 6.01. The topological polar surface area (TPSA) is 35.5 Å². The Hall–Kier alpha value is -0.280. The van der Waals surface area contributed by atoms with Gasteiger partial charge in [0.1, 0.15) is 6.07 Å². The van der Waals surface area contributed by atoms with Crippen LogP contribution in [0.15, 0.2) is 0 Å². The number of carbonyl (C=O) groups excluding carboxylic acids is 1. The van der Waals surface area contributed by atoms with E-state index in [4.69, 9.17) is 16.3 Å². The molecular formula is C12H23ClO3. The van der Waals surface area contributed by atoms with Gasteiger partial charge in [-0.05, 0) is 6.42 Å². The summed E-state index contributed by atoms with van der Waals surface area (Å²) in [6.07, 6.45) is 7.37. The first-order chi connectivity index (χ1) is 7.76. The van der Waals surface area contributed by atoms with Gasteiger partial charge in [0.2, 0.25) is 0 Å². The van der Waals surface area contributed by atoms with Crippen LogP contribution in [0, 0.1) is 0 Å². The molecule has 16 heavy (non-hydrogen) atoms. The van der Waals surface area contributed by atoms with Gasteiger partial charge in [0.25, 0.3) is 0 Å². The third-order valence-corrected chi connectivity index (χ3v) is 2.67. The summed E-state index contributed by atoms with van der Waals surface area (Å²) in [5.74, 6) is -0.325. The van der Waals surface area contributed by atoms with Gasteiger partial charge in [-0.1, -0.05) is 57.0 Å². The number of ether oxygens (including phenoxy) is 2. The summed E-state index contributed by atoms with van der Waals surface area (Å²) < 4.78 is 9.75. The van der Waals surface area contributed by atoms with Crippen LogP contribution < -0.4 is 0 Å². The lowest BCUT2D eigenvalue weighted by Gasteiger charge is -2.13. The first kappa shape index (κ1) is 15.7. The second kappa shape index (κ2) is 11.2. The normalized spacial score (nSPS) is 12.4. The molecule has 0 bridgehead atoms. The number of hydrogen-bond acceptors (Lipinski definition) is 3. The number of esters is 1. The quantitative estimate of drug-likeness (QED) is 0.338. The molecule has 0 aliphatic rings. The molecule has 0 aromatic carbocycles. The predicted octanol–water partition coefficient (Wildman–Crippen LogP) is 3.49. The number of methoxy groups -OCH3 is 1. The summed E-state index contributed by atoms with van der Waals surface area (Å²) in [4.78, 5) is 11.3. The maximum Gasteiger partial charge on any atom is 0.335 e. The lowest BCUT2D eigenvalue weighted by Crippen LogP contribution is -2.25. The summed E-state index contributed by atoms with van der Waals surface area (Å²) in [5, 5.41) is 0. The molecule has 0 fully saturated rings. The van der Waals surface area contributed by atoms with E-state index in [0.717, 1.165) is 12.8 Å². The third-order valence-electron chi connectivity index (χ3n) is 2.55. The molecule has 4 heteroatoms. The highest BCUT2D eigenvalue weighted by Crippen LogP contribution is 2.11. The highest BCUT2D eigenvalue weighted by atomic mass is 35.5. The minimum Gasteiger partial charge on any atom is -0.467 e. The number of unbranched alkanes of at least 4 members (excludes halogenated alkanes) is 5. The summed E-state index contributed by atoms with van der Waals surface area (Å²) in [7, 11) is 1.37. The molecule has 96 valence electrons. The summed E-state index contributed by atoms with van der Waals surface area (Å²) in [6.45, 7) is 2.20. The molecule has 0 saturated carbocycles. The van der Waals surface area contributed by atoms with Crippen molar-refractivity contribution in [3.63, 3.8) is 0 Å². The Morgan fingerprint density at radius 1 is 1.19 bits per heavy atom. The molecule has 0 aromatic rings. The highest BCUT2D eigenvalue weighted by Gasteiger charge is 2.18. The molecule has 0 aliphatic carbocycles. The average molecular weight is 251 g/mol. The minimum atomic E-state index is -0.492. The fourth-order valence-corrected chi connectivity index (χ4v) is 1.74. The van der Waals surface area contributed by atoms with Crippen molar-refractivity contribution in [3.05, 3.63) is 0 Å². The lowest BCUT2D eigenvalue weighted by atomic mass is 10.1. The summed E-state index contributed by atoms with van der Waals surface area (Å²) >= 11 is 5.45. The Balaban J connectivity index is 3.56. The first-order valence-corrected chi connectivity index (χ1v) is 6.55. The van der Waals surface area contributed by atoms with Gasteiger partial charge in [-0.2, -0.15) is 0 Å². The second-order valence-electron chi connectivity index (χ2n) is 3.84. The van der Waals surface area contributed by atoms with Crippen molar-refractivity contribution in [2.75, 3.05) is 13.2 Å². The van der Waals surface area contributed by atoms with Crippen molar-refractivity contribution in [2.24, 2.45) is 0 Å². The molecule has 0 heterocycles. The number of halogens is 1. The molecule has 0 aromatic heterocycles. The van der Waals surface area contributed by atoms with Gasteiger partial charge in [0, 0.05) is 0 Å². The zero-order valence-corrected chi connectivity index (χ0v) is 11.1. The molecule has 0 spiro atoms. The van der Waals surface area contributed by atoms with E-state index in [-0.39, 0.29) is 12.0 Å². The fraction of sp³-hybridized carbons (Fsp3) is 0.917. The van der Waals surface area contributed by atoms with Crippen molar-refractivity contribution < 1.29 is 14.3 Å². The Labute approximate surface area is 103 Å². The van der Waals surface area contributed by atoms with Crippen molar-refractivity contribution in [2.45, 2.75) is 58.0 Å². The Morgan fingerprint density at radius 3 is 2.38 bits per heavy atom. The van der Waals surface area contributed by atoms with E-state index in [9.17, 15) is 4.79 Å². The average Bonchev–Trinajstić information content (AvgIpc) is 2.31. The van der Waals surface area contributed by atoms with Gasteiger partial charge in [-0.3, -0.25) is 0 Å². The van der Waals surface area contributed by atoms with Crippen molar-refractivity contribution >= 4 is 17.6 Å². The smallest absolute Gasteiger partial charge is 0.335 e. The number of hydrogen-bond donors (Lipinski definition) is 0. The molecule has 0 aliphatic heterocycles. The fourth-order valence-electron chi connectivity index (χ4n) is 1.59. The maximum atomic E-state index is 11.3. The van der Waals surface area contributed by atoms with Gasteiger partial charge in [-0.25, -0.2) is 4.79 Å². The van der Waals surface area contributed by atoms with E-state index >= 15 is 0 Å². The molecule has 0 amide bonds. The highest BCUT2D eigenvalue weighted by molar-refractivity contribution is 6.17. The van der Waals surface area contributed by atoms with Gasteiger partial charge in [-0.15, -0.1) is 0 Å².